The molecule has 1 aromatic carbocycles. The lowest BCUT2D eigenvalue weighted by Gasteiger charge is -2.19. The van der Waals surface area contributed by atoms with Crippen LogP contribution in [0.1, 0.15) is 39.7 Å². The number of alkyl carbamates (subject to hydrolysis) is 1. The van der Waals surface area contributed by atoms with Crippen LogP contribution in [0.3, 0.4) is 0 Å². The van der Waals surface area contributed by atoms with Gasteiger partial charge in [0.25, 0.3) is 0 Å². The number of carbonyl (C=O) groups excluding carboxylic acids is 1. The molecular weight excluding hydrogens is 398 g/mol. The van der Waals surface area contributed by atoms with E-state index in [1.54, 1.807) is 52.9 Å². The van der Waals surface area contributed by atoms with Gasteiger partial charge < -0.3 is 30.2 Å². The molecule has 3 N–H and O–H groups in total. The van der Waals surface area contributed by atoms with E-state index in [1.165, 1.54) is 0 Å². The lowest BCUT2D eigenvalue weighted by atomic mass is 10.2. The zero-order valence-corrected chi connectivity index (χ0v) is 18.2. The zero-order chi connectivity index (χ0) is 22.6. The van der Waals surface area contributed by atoms with Crippen molar-refractivity contribution in [3.05, 3.63) is 23.8 Å². The molecule has 0 unspecified atom stereocenters. The molecule has 0 radical (unpaired) electrons. The predicted molar refractivity (Wildman–Crippen MR) is 111 cm³/mol. The maximum absolute atomic E-state index is 12.8. The Kier molecular flexibility index (Phi) is 10.7. The molecule has 1 amide bonds. The van der Waals surface area contributed by atoms with Crippen molar-refractivity contribution in [1.82, 2.24) is 16.0 Å². The minimum Gasteiger partial charge on any atom is -0.490 e. The lowest BCUT2D eigenvalue weighted by molar-refractivity contribution is -0.0520. The summed E-state index contributed by atoms with van der Waals surface area (Å²) in [7, 11) is 1.60. The Morgan fingerprint density at radius 3 is 2.47 bits per heavy atom. The Bertz CT molecular complexity index is 694. The first kappa shape index (κ1) is 25.3. The molecule has 1 rings (SSSR count). The van der Waals surface area contributed by atoms with Gasteiger partial charge in [-0.05, 0) is 40.2 Å². The lowest BCUT2D eigenvalue weighted by Crippen LogP contribution is -2.39. The van der Waals surface area contributed by atoms with Gasteiger partial charge in [-0.2, -0.15) is 8.78 Å². The molecule has 0 fully saturated rings. The van der Waals surface area contributed by atoms with Gasteiger partial charge in [-0.15, -0.1) is 0 Å². The smallest absolute Gasteiger partial charge is 0.407 e. The molecule has 30 heavy (non-hydrogen) atoms. The molecule has 0 aliphatic rings. The van der Waals surface area contributed by atoms with Crippen LogP contribution in [0.2, 0.25) is 0 Å². The Morgan fingerprint density at radius 2 is 1.87 bits per heavy atom. The second kappa shape index (κ2) is 12.7. The standard InChI is InChI=1S/C20H32F2N4O4/c1-6-28-15-10-7-9-14(16(15)29-17(21)22)13-26-18(23-5)24-11-8-12-25-19(27)30-20(2,3)4/h7,9-10,17H,6,8,11-13H2,1-5H3,(H,25,27)(H2,23,24,26). The van der Waals surface area contributed by atoms with Gasteiger partial charge in [0, 0.05) is 32.2 Å². The molecule has 0 saturated carbocycles. The van der Waals surface area contributed by atoms with Crippen LogP contribution in [0.5, 0.6) is 11.5 Å². The van der Waals surface area contributed by atoms with E-state index in [1.807, 2.05) is 0 Å². The number of carbonyl (C=O) groups is 1. The topological polar surface area (TPSA) is 93.2 Å². The van der Waals surface area contributed by atoms with E-state index in [0.717, 1.165) is 0 Å². The summed E-state index contributed by atoms with van der Waals surface area (Å²) in [5, 5.41) is 8.80. The van der Waals surface area contributed by atoms with Gasteiger partial charge in [-0.1, -0.05) is 12.1 Å². The molecule has 0 heterocycles. The second-order valence-corrected chi connectivity index (χ2v) is 7.19. The highest BCUT2D eigenvalue weighted by atomic mass is 19.3. The van der Waals surface area contributed by atoms with Gasteiger partial charge in [-0.25, -0.2) is 4.79 Å². The summed E-state index contributed by atoms with van der Waals surface area (Å²) >= 11 is 0. The van der Waals surface area contributed by atoms with E-state index in [9.17, 15) is 13.6 Å². The number of hydrogen-bond donors (Lipinski definition) is 3. The summed E-state index contributed by atoms with van der Waals surface area (Å²) in [5.74, 6) is 0.740. The van der Waals surface area contributed by atoms with Crippen LogP contribution in [0.15, 0.2) is 23.2 Å². The first-order valence-corrected chi connectivity index (χ1v) is 9.77. The summed E-state index contributed by atoms with van der Waals surface area (Å²) in [6.07, 6.45) is 0.172. The third kappa shape index (κ3) is 10.1. The van der Waals surface area contributed by atoms with Gasteiger partial charge in [0.15, 0.2) is 17.5 Å². The number of rotatable bonds is 10. The molecular formula is C20H32F2N4O4. The first-order chi connectivity index (χ1) is 14.2. The molecule has 0 bridgehead atoms. The summed E-state index contributed by atoms with van der Waals surface area (Å²) in [5.41, 5.74) is -0.0310. The number of aliphatic imine (C=N–C) groups is 1. The van der Waals surface area contributed by atoms with E-state index < -0.39 is 18.3 Å². The second-order valence-electron chi connectivity index (χ2n) is 7.19. The van der Waals surface area contributed by atoms with Gasteiger partial charge in [0.2, 0.25) is 0 Å². The first-order valence-electron chi connectivity index (χ1n) is 9.77. The maximum atomic E-state index is 12.8. The number of nitrogens with zero attached hydrogens (tertiary/aromatic N) is 1. The summed E-state index contributed by atoms with van der Waals surface area (Å²) in [6, 6.07) is 4.96. The number of nitrogens with one attached hydrogen (secondary N) is 3. The van der Waals surface area contributed by atoms with Crippen molar-refractivity contribution >= 4 is 12.1 Å². The van der Waals surface area contributed by atoms with Crippen molar-refractivity contribution < 1.29 is 27.8 Å². The van der Waals surface area contributed by atoms with E-state index in [0.29, 0.717) is 37.6 Å². The maximum Gasteiger partial charge on any atom is 0.407 e. The van der Waals surface area contributed by atoms with E-state index in [-0.39, 0.29) is 18.0 Å². The van der Waals surface area contributed by atoms with E-state index in [4.69, 9.17) is 9.47 Å². The highest BCUT2D eigenvalue weighted by molar-refractivity contribution is 5.79. The number of benzene rings is 1. The van der Waals surface area contributed by atoms with Gasteiger partial charge >= 0.3 is 12.7 Å². The van der Waals surface area contributed by atoms with Crippen molar-refractivity contribution in [2.45, 2.75) is 52.9 Å². The number of amides is 1. The summed E-state index contributed by atoms with van der Waals surface area (Å²) < 4.78 is 40.8. The number of guanidine groups is 1. The van der Waals surface area contributed by atoms with Crippen molar-refractivity contribution in [2.24, 2.45) is 4.99 Å². The highest BCUT2D eigenvalue weighted by Gasteiger charge is 2.16. The van der Waals surface area contributed by atoms with Gasteiger partial charge in [0.1, 0.15) is 5.60 Å². The molecule has 0 spiro atoms. The minimum atomic E-state index is -2.96. The molecule has 0 saturated heterocycles. The van der Waals surface area contributed by atoms with Crippen LogP contribution >= 0.6 is 0 Å². The minimum absolute atomic E-state index is 0.00105. The van der Waals surface area contributed by atoms with E-state index in [2.05, 4.69) is 25.7 Å². The highest BCUT2D eigenvalue weighted by Crippen LogP contribution is 2.32. The van der Waals surface area contributed by atoms with Crippen LogP contribution < -0.4 is 25.4 Å². The fourth-order valence-electron chi connectivity index (χ4n) is 2.39. The Morgan fingerprint density at radius 1 is 1.17 bits per heavy atom. The number of hydrogen-bond acceptors (Lipinski definition) is 5. The molecule has 0 aliphatic heterocycles. The molecule has 8 nitrogen and oxygen atoms in total. The Balaban J connectivity index is 2.51. The fourth-order valence-corrected chi connectivity index (χ4v) is 2.39. The molecule has 1 aromatic rings. The Hall–Kier alpha value is -2.78. The van der Waals surface area contributed by atoms with Crippen molar-refractivity contribution in [1.29, 1.82) is 0 Å². The van der Waals surface area contributed by atoms with Crippen LogP contribution in [0, 0.1) is 0 Å². The molecule has 0 aliphatic carbocycles. The van der Waals surface area contributed by atoms with Crippen molar-refractivity contribution in [2.75, 3.05) is 26.7 Å². The van der Waals surface area contributed by atoms with Gasteiger partial charge in [-0.3, -0.25) is 4.99 Å². The zero-order valence-electron chi connectivity index (χ0n) is 18.2. The van der Waals surface area contributed by atoms with E-state index >= 15 is 0 Å². The average Bonchev–Trinajstić information content (AvgIpc) is 2.64. The van der Waals surface area contributed by atoms with Crippen LogP contribution in [-0.4, -0.2) is 51.0 Å². The number of para-hydroxylation sites is 1. The molecule has 10 heteroatoms. The fraction of sp³-hybridized carbons (Fsp3) is 0.600. The average molecular weight is 430 g/mol. The van der Waals surface area contributed by atoms with Gasteiger partial charge in [0.05, 0.1) is 6.61 Å². The number of halogens is 2. The summed E-state index contributed by atoms with van der Waals surface area (Å²) in [4.78, 5) is 15.7. The van der Waals surface area contributed by atoms with Crippen molar-refractivity contribution in [3.63, 3.8) is 0 Å². The molecule has 0 atom stereocenters. The third-order valence-corrected chi connectivity index (χ3v) is 3.55. The largest absolute Gasteiger partial charge is 0.490 e. The molecule has 0 aromatic heterocycles. The Labute approximate surface area is 176 Å². The summed E-state index contributed by atoms with van der Waals surface area (Å²) in [6.45, 7) is 5.70. The molecule has 170 valence electrons. The van der Waals surface area contributed by atoms with Crippen molar-refractivity contribution in [3.8, 4) is 11.5 Å². The van der Waals surface area contributed by atoms with Crippen LogP contribution in [-0.2, 0) is 11.3 Å². The normalized spacial score (nSPS) is 11.8. The third-order valence-electron chi connectivity index (χ3n) is 3.55. The number of ether oxygens (including phenoxy) is 3. The number of alkyl halides is 2. The predicted octanol–water partition coefficient (Wildman–Crippen LogP) is 3.27. The SMILES string of the molecule is CCOc1cccc(CNC(=NC)NCCCNC(=O)OC(C)(C)C)c1OC(F)F. The quantitative estimate of drug-likeness (QED) is 0.300. The monoisotopic (exact) mass is 430 g/mol. The van der Waals surface area contributed by atoms with Crippen LogP contribution in [0.4, 0.5) is 13.6 Å². The van der Waals surface area contributed by atoms with Crippen LogP contribution in [0.25, 0.3) is 0 Å².